The molecule has 110 valence electrons. The molecule has 0 aromatic heterocycles. The van der Waals surface area contributed by atoms with Crippen molar-refractivity contribution in [3.8, 4) is 0 Å². The van der Waals surface area contributed by atoms with Crippen molar-refractivity contribution in [1.82, 2.24) is 5.32 Å². The van der Waals surface area contributed by atoms with Crippen LogP contribution in [-0.2, 0) is 6.42 Å². The van der Waals surface area contributed by atoms with Crippen molar-refractivity contribution in [2.45, 2.75) is 12.5 Å². The molecule has 0 saturated carbocycles. The summed E-state index contributed by atoms with van der Waals surface area (Å²) in [5.41, 5.74) is 2.47. The van der Waals surface area contributed by atoms with Crippen molar-refractivity contribution in [2.75, 3.05) is 24.5 Å². The summed E-state index contributed by atoms with van der Waals surface area (Å²) >= 11 is 12.2. The van der Waals surface area contributed by atoms with E-state index in [0.29, 0.717) is 16.1 Å². The van der Waals surface area contributed by atoms with Gasteiger partial charge >= 0.3 is 0 Å². The Hall–Kier alpha value is -1.22. The van der Waals surface area contributed by atoms with Gasteiger partial charge in [0, 0.05) is 41.4 Å². The lowest BCUT2D eigenvalue weighted by Crippen LogP contribution is -2.51. The summed E-state index contributed by atoms with van der Waals surface area (Å²) in [5, 5.41) is 4.97. The van der Waals surface area contributed by atoms with Crippen LogP contribution in [0.25, 0.3) is 0 Å². The molecule has 1 fully saturated rings. The van der Waals surface area contributed by atoms with Gasteiger partial charge in [0.2, 0.25) is 0 Å². The zero-order valence-corrected chi connectivity index (χ0v) is 13.2. The van der Waals surface area contributed by atoms with Gasteiger partial charge in [-0.2, -0.15) is 0 Å². The minimum atomic E-state index is 0.443. The minimum Gasteiger partial charge on any atom is -0.369 e. The van der Waals surface area contributed by atoms with E-state index >= 15 is 0 Å². The van der Waals surface area contributed by atoms with E-state index < -0.39 is 0 Å². The smallest absolute Gasteiger partial charge is 0.0441 e. The van der Waals surface area contributed by atoms with E-state index in [0.717, 1.165) is 31.7 Å². The van der Waals surface area contributed by atoms with E-state index in [1.54, 1.807) is 6.07 Å². The standard InChI is InChI=1S/C17H18Cl2N2/c18-14-9-15(19)11-17(10-14)21-7-6-20-16(12-21)8-13-4-2-1-3-5-13/h1-5,9-11,16,20H,6-8,12H2. The van der Waals surface area contributed by atoms with Gasteiger partial charge < -0.3 is 10.2 Å². The fraction of sp³-hybridized carbons (Fsp3) is 0.294. The molecule has 4 heteroatoms. The zero-order valence-electron chi connectivity index (χ0n) is 11.7. The van der Waals surface area contributed by atoms with E-state index in [1.807, 2.05) is 12.1 Å². The number of hydrogen-bond donors (Lipinski definition) is 1. The van der Waals surface area contributed by atoms with E-state index in [9.17, 15) is 0 Å². The highest BCUT2D eigenvalue weighted by Crippen LogP contribution is 2.26. The predicted molar refractivity (Wildman–Crippen MR) is 90.6 cm³/mol. The van der Waals surface area contributed by atoms with Crippen molar-refractivity contribution in [3.63, 3.8) is 0 Å². The number of rotatable bonds is 3. The number of nitrogens with zero attached hydrogens (tertiary/aromatic N) is 1. The first-order valence-corrected chi connectivity index (χ1v) is 7.94. The second-order valence-electron chi connectivity index (χ2n) is 5.41. The third-order valence-electron chi connectivity index (χ3n) is 3.79. The van der Waals surface area contributed by atoms with Gasteiger partial charge in [-0.05, 0) is 30.2 Å². The lowest BCUT2D eigenvalue weighted by molar-refractivity contribution is 0.455. The quantitative estimate of drug-likeness (QED) is 0.919. The first-order valence-electron chi connectivity index (χ1n) is 7.19. The number of hydrogen-bond acceptors (Lipinski definition) is 2. The molecule has 2 aromatic rings. The molecule has 21 heavy (non-hydrogen) atoms. The van der Waals surface area contributed by atoms with E-state index in [2.05, 4.69) is 40.5 Å². The van der Waals surface area contributed by atoms with Crippen molar-refractivity contribution < 1.29 is 0 Å². The molecule has 1 saturated heterocycles. The Kier molecular flexibility index (Phi) is 4.69. The number of anilines is 1. The highest BCUT2D eigenvalue weighted by atomic mass is 35.5. The molecule has 2 aromatic carbocycles. The average Bonchev–Trinajstić information content (AvgIpc) is 2.47. The highest BCUT2D eigenvalue weighted by molar-refractivity contribution is 6.35. The molecule has 2 nitrogen and oxygen atoms in total. The Morgan fingerprint density at radius 1 is 1.05 bits per heavy atom. The number of halogens is 2. The van der Waals surface area contributed by atoms with Gasteiger partial charge in [0.15, 0.2) is 0 Å². The molecular formula is C17H18Cl2N2. The summed E-state index contributed by atoms with van der Waals surface area (Å²) in [6.45, 7) is 2.91. The first-order chi connectivity index (χ1) is 10.2. The Labute approximate surface area is 135 Å². The second-order valence-corrected chi connectivity index (χ2v) is 6.29. The van der Waals surface area contributed by atoms with Gasteiger partial charge in [-0.25, -0.2) is 0 Å². The predicted octanol–water partition coefficient (Wildman–Crippen LogP) is 4.01. The normalized spacial score (nSPS) is 18.8. The maximum atomic E-state index is 6.11. The third kappa shape index (κ3) is 3.91. The fourth-order valence-corrected chi connectivity index (χ4v) is 3.33. The summed E-state index contributed by atoms with van der Waals surface area (Å²) in [6, 6.07) is 16.8. The molecular weight excluding hydrogens is 303 g/mol. The van der Waals surface area contributed by atoms with E-state index in [1.165, 1.54) is 5.56 Å². The van der Waals surface area contributed by atoms with Crippen LogP contribution in [0.15, 0.2) is 48.5 Å². The van der Waals surface area contributed by atoms with Crippen molar-refractivity contribution >= 4 is 28.9 Å². The summed E-state index contributed by atoms with van der Waals surface area (Å²) in [6.07, 6.45) is 1.03. The molecule has 0 bridgehead atoms. The minimum absolute atomic E-state index is 0.443. The monoisotopic (exact) mass is 320 g/mol. The van der Waals surface area contributed by atoms with Gasteiger partial charge in [0.1, 0.15) is 0 Å². The van der Waals surface area contributed by atoms with Crippen LogP contribution in [0.3, 0.4) is 0 Å². The maximum absolute atomic E-state index is 6.11. The average molecular weight is 321 g/mol. The van der Waals surface area contributed by atoms with Gasteiger partial charge in [-0.1, -0.05) is 53.5 Å². The molecule has 1 aliphatic rings. The molecule has 1 N–H and O–H groups in total. The van der Waals surface area contributed by atoms with Crippen molar-refractivity contribution in [3.05, 3.63) is 64.1 Å². The second kappa shape index (κ2) is 6.69. The van der Waals surface area contributed by atoms with Gasteiger partial charge in [-0.15, -0.1) is 0 Å². The summed E-state index contributed by atoms with van der Waals surface area (Å²) in [7, 11) is 0. The van der Waals surface area contributed by atoms with Gasteiger partial charge in [0.05, 0.1) is 0 Å². The van der Waals surface area contributed by atoms with Crippen LogP contribution in [0, 0.1) is 0 Å². The molecule has 1 unspecified atom stereocenters. The third-order valence-corrected chi connectivity index (χ3v) is 4.23. The van der Waals surface area contributed by atoms with E-state index in [4.69, 9.17) is 23.2 Å². The molecule has 1 heterocycles. The zero-order chi connectivity index (χ0) is 14.7. The van der Waals surface area contributed by atoms with Crippen molar-refractivity contribution in [2.24, 2.45) is 0 Å². The lowest BCUT2D eigenvalue weighted by Gasteiger charge is -2.35. The Morgan fingerprint density at radius 3 is 2.48 bits per heavy atom. The summed E-state index contributed by atoms with van der Waals surface area (Å²) < 4.78 is 0. The Balaban J connectivity index is 1.70. The van der Waals surface area contributed by atoms with Crippen LogP contribution in [0.4, 0.5) is 5.69 Å². The summed E-state index contributed by atoms with van der Waals surface area (Å²) in [5.74, 6) is 0. The fourth-order valence-electron chi connectivity index (χ4n) is 2.82. The Bertz CT molecular complexity index is 581. The topological polar surface area (TPSA) is 15.3 Å². The highest BCUT2D eigenvalue weighted by Gasteiger charge is 2.20. The van der Waals surface area contributed by atoms with Crippen LogP contribution >= 0.6 is 23.2 Å². The maximum Gasteiger partial charge on any atom is 0.0441 e. The lowest BCUT2D eigenvalue weighted by atomic mass is 10.0. The SMILES string of the molecule is Clc1cc(Cl)cc(N2CCNC(Cc3ccccc3)C2)c1. The number of benzene rings is 2. The number of piperazine rings is 1. The Morgan fingerprint density at radius 2 is 1.76 bits per heavy atom. The van der Waals surface area contributed by atoms with Crippen LogP contribution in [0.2, 0.25) is 10.0 Å². The molecule has 1 atom stereocenters. The van der Waals surface area contributed by atoms with Crippen LogP contribution < -0.4 is 10.2 Å². The van der Waals surface area contributed by atoms with Gasteiger partial charge in [-0.3, -0.25) is 0 Å². The van der Waals surface area contributed by atoms with Crippen LogP contribution in [0.1, 0.15) is 5.56 Å². The molecule has 0 aliphatic carbocycles. The largest absolute Gasteiger partial charge is 0.369 e. The summed E-state index contributed by atoms with van der Waals surface area (Å²) in [4.78, 5) is 2.35. The molecule has 3 rings (SSSR count). The number of nitrogens with one attached hydrogen (secondary N) is 1. The van der Waals surface area contributed by atoms with Crippen LogP contribution in [0.5, 0.6) is 0 Å². The first kappa shape index (κ1) is 14.7. The van der Waals surface area contributed by atoms with Crippen molar-refractivity contribution in [1.29, 1.82) is 0 Å². The molecule has 0 spiro atoms. The molecule has 0 amide bonds. The van der Waals surface area contributed by atoms with Crippen LogP contribution in [-0.4, -0.2) is 25.7 Å². The van der Waals surface area contributed by atoms with Gasteiger partial charge in [0.25, 0.3) is 0 Å². The van der Waals surface area contributed by atoms with E-state index in [-0.39, 0.29) is 0 Å². The molecule has 0 radical (unpaired) electrons. The molecule has 1 aliphatic heterocycles.